The Kier molecular flexibility index (Phi) is 11.5. The van der Waals surface area contributed by atoms with Crippen LogP contribution in [0.2, 0.25) is 13.3 Å². The first-order valence-corrected chi connectivity index (χ1v) is 17.7. The van der Waals surface area contributed by atoms with Gasteiger partial charge in [0.25, 0.3) is 0 Å². The van der Waals surface area contributed by atoms with E-state index in [1.807, 2.05) is 0 Å². The summed E-state index contributed by atoms with van der Waals surface area (Å²) < 4.78 is 35.2. The maximum atomic E-state index is 7.98. The predicted octanol–water partition coefficient (Wildman–Crippen LogP) is 6.31. The van der Waals surface area contributed by atoms with Crippen LogP contribution < -0.4 is 0 Å². The molecule has 1 heterocycles. The van der Waals surface area contributed by atoms with Crippen LogP contribution in [0, 0.1) is 9.86 Å². The first kappa shape index (κ1) is 19.1. The molecule has 3 heteroatoms. The first-order valence-electron chi connectivity index (χ1n) is 11.2. The van der Waals surface area contributed by atoms with Gasteiger partial charge in [0.05, 0.1) is 0 Å². The van der Waals surface area contributed by atoms with Crippen LogP contribution in [0.5, 0.6) is 0 Å². The van der Waals surface area contributed by atoms with Gasteiger partial charge in [-0.2, -0.15) is 0 Å². The maximum absolute atomic E-state index is 7.98. The summed E-state index contributed by atoms with van der Waals surface area (Å²) in [6.45, 7) is 7.94. The second kappa shape index (κ2) is 14.4. The van der Waals surface area contributed by atoms with Crippen molar-refractivity contribution in [1.29, 1.82) is 0 Å². The molecule has 1 fully saturated rings. The molecule has 0 amide bonds. The van der Waals surface area contributed by atoms with Crippen molar-refractivity contribution in [3.05, 3.63) is 0 Å². The van der Waals surface area contributed by atoms with Crippen LogP contribution in [0.25, 0.3) is 0 Å². The van der Waals surface area contributed by atoms with E-state index in [-0.39, 0.29) is 0 Å². The van der Waals surface area contributed by atoms with Crippen LogP contribution >= 0.6 is 0 Å². The van der Waals surface area contributed by atoms with Gasteiger partial charge in [0, 0.05) is 0 Å². The molecular weight excluding hydrogens is 403 g/mol. The summed E-state index contributed by atoms with van der Waals surface area (Å²) in [5.74, 6) is 3.46. The number of rotatable bonds is 12. The molecule has 0 saturated carbocycles. The zero-order chi connectivity index (χ0) is 19.3. The Bertz CT molecular complexity index is 410. The molecule has 0 spiro atoms. The minimum absolute atomic E-state index is 0.481. The fourth-order valence-corrected chi connectivity index (χ4v) is 16.7. The van der Waals surface area contributed by atoms with Gasteiger partial charge in [0.1, 0.15) is 0 Å². The zero-order valence-electron chi connectivity index (χ0n) is 18.3. The van der Waals surface area contributed by atoms with Crippen molar-refractivity contribution in [2.24, 2.45) is 0 Å². The van der Waals surface area contributed by atoms with Gasteiger partial charge >= 0.3 is 158 Å². The molecule has 0 aromatic heterocycles. The van der Waals surface area contributed by atoms with E-state index >= 15 is 0 Å². The molecule has 1 aliphatic rings. The SMILES string of the molecule is [2H]C1([2H])CCCOC1OCCC#[C][Sn]([CH2]CCC)([CH2]CCC)[CH2]CCC. The van der Waals surface area contributed by atoms with Crippen LogP contribution in [0.3, 0.4) is 0 Å². The normalized spacial score (nSPS) is 21.5. The standard InChI is InChI=1S/C9H13O2.3C4H9.Sn/c1-2-3-7-10-9-6-4-5-8-11-9;3*1-3-4-2;/h9H,3-8H2;3*1,3-4H2,2H3;/i6D2;;;;. The Morgan fingerprint density at radius 1 is 1.04 bits per heavy atom. The van der Waals surface area contributed by atoms with Gasteiger partial charge in [-0.05, 0) is 0 Å². The second-order valence-corrected chi connectivity index (χ2v) is 19.3. The van der Waals surface area contributed by atoms with Crippen LogP contribution in [-0.4, -0.2) is 37.9 Å². The van der Waals surface area contributed by atoms with Crippen LogP contribution in [0.1, 0.15) is 87.7 Å². The van der Waals surface area contributed by atoms with Crippen LogP contribution in [-0.2, 0) is 9.47 Å². The van der Waals surface area contributed by atoms with E-state index in [0.29, 0.717) is 26.1 Å². The van der Waals surface area contributed by atoms with Gasteiger partial charge in [0.2, 0.25) is 0 Å². The van der Waals surface area contributed by atoms with E-state index in [2.05, 4.69) is 30.6 Å². The van der Waals surface area contributed by atoms with E-state index in [0.717, 1.165) is 6.42 Å². The van der Waals surface area contributed by atoms with Gasteiger partial charge in [0.15, 0.2) is 0 Å². The Balaban J connectivity index is 2.59. The first-order chi connectivity index (χ1) is 12.5. The fraction of sp³-hybridized carbons (Fsp3) is 0.905. The molecule has 24 heavy (non-hydrogen) atoms. The second-order valence-electron chi connectivity index (χ2n) is 7.02. The Labute approximate surface area is 158 Å². The summed E-state index contributed by atoms with van der Waals surface area (Å²) in [7, 11) is 0. The Morgan fingerprint density at radius 3 is 2.21 bits per heavy atom. The van der Waals surface area contributed by atoms with Crippen molar-refractivity contribution in [3.8, 4) is 9.86 Å². The summed E-state index contributed by atoms with van der Waals surface area (Å²) in [6.07, 6.45) is 7.76. The Morgan fingerprint density at radius 2 is 1.67 bits per heavy atom. The number of ether oxygens (including phenoxy) is 2. The van der Waals surface area contributed by atoms with E-state index in [1.165, 1.54) is 51.8 Å². The molecule has 0 aromatic carbocycles. The molecule has 0 radical (unpaired) electrons. The average molecular weight is 445 g/mol. The van der Waals surface area contributed by atoms with Crippen molar-refractivity contribution < 1.29 is 12.2 Å². The molecule has 1 saturated heterocycles. The molecule has 0 N–H and O–H groups in total. The zero-order valence-corrected chi connectivity index (χ0v) is 19.1. The average Bonchev–Trinajstić information content (AvgIpc) is 2.63. The summed E-state index contributed by atoms with van der Waals surface area (Å²) in [5.41, 5.74) is 0. The quantitative estimate of drug-likeness (QED) is 0.199. The van der Waals surface area contributed by atoms with Gasteiger partial charge < -0.3 is 0 Å². The topological polar surface area (TPSA) is 18.5 Å². The molecule has 0 aliphatic carbocycles. The Hall–Kier alpha value is 0.279. The molecule has 2 nitrogen and oxygen atoms in total. The van der Waals surface area contributed by atoms with Gasteiger partial charge in [-0.15, -0.1) is 0 Å². The van der Waals surface area contributed by atoms with Gasteiger partial charge in [-0.3, -0.25) is 0 Å². The van der Waals surface area contributed by atoms with E-state index in [9.17, 15) is 0 Å². The third-order valence-electron chi connectivity index (χ3n) is 4.78. The van der Waals surface area contributed by atoms with Crippen molar-refractivity contribution >= 4 is 18.4 Å². The van der Waals surface area contributed by atoms with E-state index in [1.54, 1.807) is 0 Å². The fourth-order valence-electron chi connectivity index (χ4n) is 3.22. The number of unbranched alkanes of at least 4 members (excludes halogenated alkanes) is 3. The van der Waals surface area contributed by atoms with E-state index in [4.69, 9.17) is 12.2 Å². The third-order valence-corrected chi connectivity index (χ3v) is 18.0. The third kappa shape index (κ3) is 9.68. The molecule has 0 aromatic rings. The summed E-state index contributed by atoms with van der Waals surface area (Å²) >= 11 is -2.35. The molecule has 1 rings (SSSR count). The minimum atomic E-state index is -2.35. The van der Waals surface area contributed by atoms with E-state index < -0.39 is 31.0 Å². The van der Waals surface area contributed by atoms with Crippen molar-refractivity contribution in [3.63, 3.8) is 0 Å². The molecule has 1 atom stereocenters. The van der Waals surface area contributed by atoms with Gasteiger partial charge in [-0.1, -0.05) is 0 Å². The van der Waals surface area contributed by atoms with Crippen molar-refractivity contribution in [1.82, 2.24) is 0 Å². The van der Waals surface area contributed by atoms with Crippen molar-refractivity contribution in [2.75, 3.05) is 13.2 Å². The molecular formula is C21H40O2Sn. The number of hydrogen-bond donors (Lipinski definition) is 0. The predicted molar refractivity (Wildman–Crippen MR) is 107 cm³/mol. The molecule has 140 valence electrons. The summed E-state index contributed by atoms with van der Waals surface area (Å²) in [5, 5.41) is 0. The monoisotopic (exact) mass is 446 g/mol. The molecule has 0 bridgehead atoms. The number of hydrogen-bond acceptors (Lipinski definition) is 2. The van der Waals surface area contributed by atoms with Gasteiger partial charge in [-0.25, -0.2) is 0 Å². The summed E-state index contributed by atoms with van der Waals surface area (Å²) in [6, 6.07) is 0. The summed E-state index contributed by atoms with van der Waals surface area (Å²) in [4.78, 5) is 0. The van der Waals surface area contributed by atoms with Crippen LogP contribution in [0.4, 0.5) is 0 Å². The molecule has 1 aliphatic heterocycles. The van der Waals surface area contributed by atoms with Crippen molar-refractivity contribution in [2.45, 2.75) is 105 Å². The van der Waals surface area contributed by atoms with Crippen LogP contribution in [0.15, 0.2) is 0 Å². The molecule has 1 unspecified atom stereocenters.